The van der Waals surface area contributed by atoms with E-state index in [9.17, 15) is 9.59 Å². The van der Waals surface area contributed by atoms with Crippen molar-refractivity contribution in [3.63, 3.8) is 0 Å². The second-order valence-corrected chi connectivity index (χ2v) is 3.41. The standard InChI is InChI=1S/C9H10O2/c10-7-3-5-9(6-7)4-1-2-8(9)11/h3,5H,1-2,4,6H2. The van der Waals surface area contributed by atoms with Crippen molar-refractivity contribution in [3.05, 3.63) is 12.2 Å². The third kappa shape index (κ3) is 0.854. The van der Waals surface area contributed by atoms with Gasteiger partial charge in [-0.15, -0.1) is 0 Å². The molecule has 2 aliphatic carbocycles. The molecule has 0 saturated heterocycles. The van der Waals surface area contributed by atoms with E-state index in [0.717, 1.165) is 12.8 Å². The van der Waals surface area contributed by atoms with Gasteiger partial charge in [-0.25, -0.2) is 0 Å². The molecule has 0 amide bonds. The van der Waals surface area contributed by atoms with Crippen LogP contribution in [0.4, 0.5) is 0 Å². The Bertz CT molecular complexity index is 252. The van der Waals surface area contributed by atoms with Crippen molar-refractivity contribution < 1.29 is 9.59 Å². The zero-order chi connectivity index (χ0) is 7.90. The molecule has 2 aliphatic rings. The van der Waals surface area contributed by atoms with Gasteiger partial charge in [0.25, 0.3) is 0 Å². The minimum atomic E-state index is -0.350. The highest BCUT2D eigenvalue weighted by molar-refractivity contribution is 6.02. The highest BCUT2D eigenvalue weighted by Gasteiger charge is 2.43. The summed E-state index contributed by atoms with van der Waals surface area (Å²) in [5.74, 6) is 0.375. The summed E-state index contributed by atoms with van der Waals surface area (Å²) in [5.41, 5.74) is -0.350. The van der Waals surface area contributed by atoms with E-state index in [2.05, 4.69) is 0 Å². The van der Waals surface area contributed by atoms with E-state index >= 15 is 0 Å². The Morgan fingerprint density at radius 3 is 2.64 bits per heavy atom. The van der Waals surface area contributed by atoms with Crippen LogP contribution in [0.5, 0.6) is 0 Å². The molecule has 2 nitrogen and oxygen atoms in total. The van der Waals surface area contributed by atoms with Crippen LogP contribution in [0.15, 0.2) is 12.2 Å². The zero-order valence-corrected chi connectivity index (χ0v) is 6.30. The average molecular weight is 150 g/mol. The van der Waals surface area contributed by atoms with Crippen LogP contribution in [-0.4, -0.2) is 11.6 Å². The van der Waals surface area contributed by atoms with Gasteiger partial charge in [-0.1, -0.05) is 6.08 Å². The number of carbonyl (C=O) groups excluding carboxylic acids is 2. The number of allylic oxidation sites excluding steroid dienone is 2. The van der Waals surface area contributed by atoms with Gasteiger partial charge in [-0.05, 0) is 18.9 Å². The molecule has 1 saturated carbocycles. The maximum absolute atomic E-state index is 11.3. The predicted octanol–water partition coefficient (Wildman–Crippen LogP) is 1.25. The molecule has 0 bridgehead atoms. The van der Waals surface area contributed by atoms with Gasteiger partial charge < -0.3 is 0 Å². The van der Waals surface area contributed by atoms with Crippen LogP contribution in [0.1, 0.15) is 25.7 Å². The molecule has 1 unspecified atom stereocenters. The maximum atomic E-state index is 11.3. The molecule has 1 atom stereocenters. The molecular weight excluding hydrogens is 140 g/mol. The summed E-state index contributed by atoms with van der Waals surface area (Å²) in [4.78, 5) is 22.3. The van der Waals surface area contributed by atoms with E-state index in [0.29, 0.717) is 12.8 Å². The molecule has 0 aliphatic heterocycles. The van der Waals surface area contributed by atoms with E-state index < -0.39 is 0 Å². The molecule has 0 heterocycles. The fraction of sp³-hybridized carbons (Fsp3) is 0.556. The molecule has 2 heteroatoms. The molecule has 0 radical (unpaired) electrons. The van der Waals surface area contributed by atoms with Crippen LogP contribution >= 0.6 is 0 Å². The zero-order valence-electron chi connectivity index (χ0n) is 6.30. The third-order valence-electron chi connectivity index (χ3n) is 2.66. The smallest absolute Gasteiger partial charge is 0.156 e. The summed E-state index contributed by atoms with van der Waals surface area (Å²) in [7, 11) is 0. The fourth-order valence-corrected chi connectivity index (χ4v) is 2.00. The second-order valence-electron chi connectivity index (χ2n) is 3.41. The van der Waals surface area contributed by atoms with Crippen molar-refractivity contribution in [3.8, 4) is 0 Å². The Hall–Kier alpha value is -0.920. The third-order valence-corrected chi connectivity index (χ3v) is 2.66. The SMILES string of the molecule is O=C1C=CC2(CCCC2=O)C1. The number of ketones is 2. The van der Waals surface area contributed by atoms with E-state index in [1.165, 1.54) is 0 Å². The average Bonchev–Trinajstić information content (AvgIpc) is 2.46. The summed E-state index contributed by atoms with van der Waals surface area (Å²) >= 11 is 0. The van der Waals surface area contributed by atoms with Crippen molar-refractivity contribution in [1.82, 2.24) is 0 Å². The van der Waals surface area contributed by atoms with Crippen LogP contribution in [0.25, 0.3) is 0 Å². The van der Waals surface area contributed by atoms with Crippen LogP contribution in [0.2, 0.25) is 0 Å². The maximum Gasteiger partial charge on any atom is 0.156 e. The van der Waals surface area contributed by atoms with E-state index in [1.807, 2.05) is 6.08 Å². The lowest BCUT2D eigenvalue weighted by Crippen LogP contribution is -2.21. The Kier molecular flexibility index (Phi) is 1.25. The highest BCUT2D eigenvalue weighted by atomic mass is 16.1. The quantitative estimate of drug-likeness (QED) is 0.521. The minimum Gasteiger partial charge on any atom is -0.299 e. The Morgan fingerprint density at radius 1 is 1.36 bits per heavy atom. The number of carbonyl (C=O) groups is 2. The molecular formula is C9H10O2. The van der Waals surface area contributed by atoms with Gasteiger partial charge in [0.2, 0.25) is 0 Å². The minimum absolute atomic E-state index is 0.111. The van der Waals surface area contributed by atoms with Gasteiger partial charge in [0.05, 0.1) is 5.41 Å². The molecule has 0 N–H and O–H groups in total. The van der Waals surface area contributed by atoms with Gasteiger partial charge in [-0.2, -0.15) is 0 Å². The first-order valence-corrected chi connectivity index (χ1v) is 3.98. The van der Waals surface area contributed by atoms with Crippen LogP contribution in [0.3, 0.4) is 0 Å². The van der Waals surface area contributed by atoms with E-state index in [1.54, 1.807) is 6.08 Å². The van der Waals surface area contributed by atoms with Gasteiger partial charge in [0.1, 0.15) is 5.78 Å². The molecule has 0 aromatic rings. The first-order valence-electron chi connectivity index (χ1n) is 3.98. The van der Waals surface area contributed by atoms with Gasteiger partial charge in [0.15, 0.2) is 5.78 Å². The van der Waals surface area contributed by atoms with E-state index in [-0.39, 0.29) is 17.0 Å². The number of hydrogen-bond donors (Lipinski definition) is 0. The number of Topliss-reactive ketones (excluding diaryl/α,β-unsaturated/α-hetero) is 1. The molecule has 1 spiro atoms. The summed E-state index contributed by atoms with van der Waals surface area (Å²) in [6.45, 7) is 0. The van der Waals surface area contributed by atoms with Crippen LogP contribution in [0, 0.1) is 5.41 Å². The van der Waals surface area contributed by atoms with Crippen LogP contribution in [-0.2, 0) is 9.59 Å². The fourth-order valence-electron chi connectivity index (χ4n) is 2.00. The normalized spacial score (nSPS) is 36.0. The summed E-state index contributed by atoms with van der Waals surface area (Å²) in [6, 6.07) is 0. The van der Waals surface area contributed by atoms with Crippen molar-refractivity contribution in [1.29, 1.82) is 0 Å². The number of rotatable bonds is 0. The first-order chi connectivity index (χ1) is 5.23. The Morgan fingerprint density at radius 2 is 2.18 bits per heavy atom. The molecule has 0 aromatic carbocycles. The van der Waals surface area contributed by atoms with Crippen molar-refractivity contribution >= 4 is 11.6 Å². The summed E-state index contributed by atoms with van der Waals surface area (Å²) in [5, 5.41) is 0. The lowest BCUT2D eigenvalue weighted by atomic mass is 9.85. The molecule has 58 valence electrons. The summed E-state index contributed by atoms with van der Waals surface area (Å²) in [6.07, 6.45) is 6.31. The van der Waals surface area contributed by atoms with Crippen LogP contribution < -0.4 is 0 Å². The van der Waals surface area contributed by atoms with Crippen molar-refractivity contribution in [2.45, 2.75) is 25.7 Å². The van der Waals surface area contributed by atoms with E-state index in [4.69, 9.17) is 0 Å². The lowest BCUT2D eigenvalue weighted by Gasteiger charge is -2.15. The van der Waals surface area contributed by atoms with Gasteiger partial charge in [-0.3, -0.25) is 9.59 Å². The largest absolute Gasteiger partial charge is 0.299 e. The summed E-state index contributed by atoms with van der Waals surface area (Å²) < 4.78 is 0. The number of hydrogen-bond acceptors (Lipinski definition) is 2. The Balaban J connectivity index is 2.31. The topological polar surface area (TPSA) is 34.1 Å². The monoisotopic (exact) mass is 150 g/mol. The van der Waals surface area contributed by atoms with Crippen molar-refractivity contribution in [2.24, 2.45) is 5.41 Å². The van der Waals surface area contributed by atoms with Gasteiger partial charge in [0, 0.05) is 12.8 Å². The Labute approximate surface area is 65.3 Å². The van der Waals surface area contributed by atoms with Gasteiger partial charge >= 0.3 is 0 Å². The predicted molar refractivity (Wildman–Crippen MR) is 40.1 cm³/mol. The molecule has 1 fully saturated rings. The van der Waals surface area contributed by atoms with Crippen molar-refractivity contribution in [2.75, 3.05) is 0 Å². The first kappa shape index (κ1) is 6.77. The molecule has 11 heavy (non-hydrogen) atoms. The lowest BCUT2D eigenvalue weighted by molar-refractivity contribution is -0.126. The second kappa shape index (κ2) is 2.03. The highest BCUT2D eigenvalue weighted by Crippen LogP contribution is 2.42. The molecule has 0 aromatic heterocycles. The molecule has 2 rings (SSSR count).